The van der Waals surface area contributed by atoms with E-state index in [-0.39, 0.29) is 6.10 Å². The number of rotatable bonds is 6. The Balaban J connectivity index is 1.80. The van der Waals surface area contributed by atoms with Crippen molar-refractivity contribution in [3.8, 4) is 5.75 Å². The lowest BCUT2D eigenvalue weighted by Crippen LogP contribution is -2.44. The zero-order valence-electron chi connectivity index (χ0n) is 12.5. The molecular weight excluding hydrogens is 252 g/mol. The summed E-state index contributed by atoms with van der Waals surface area (Å²) in [7, 11) is 0. The smallest absolute Gasteiger partial charge is 0.119 e. The summed E-state index contributed by atoms with van der Waals surface area (Å²) in [6.45, 7) is 9.23. The second-order valence-corrected chi connectivity index (χ2v) is 5.63. The maximum Gasteiger partial charge on any atom is 0.119 e. The molecule has 20 heavy (non-hydrogen) atoms. The number of aliphatic hydroxyl groups excluding tert-OH is 1. The van der Waals surface area contributed by atoms with Crippen LogP contribution in [0.1, 0.15) is 31.9 Å². The second kappa shape index (κ2) is 7.62. The first-order valence-corrected chi connectivity index (χ1v) is 7.53. The van der Waals surface area contributed by atoms with Crippen LogP contribution in [0.15, 0.2) is 24.3 Å². The maximum atomic E-state index is 10.2. The van der Waals surface area contributed by atoms with Gasteiger partial charge in [0.15, 0.2) is 0 Å². The summed E-state index contributed by atoms with van der Waals surface area (Å²) in [6.07, 6.45) is 0.571. The van der Waals surface area contributed by atoms with Crippen molar-refractivity contribution in [3.63, 3.8) is 0 Å². The Morgan fingerprint density at radius 1 is 1.20 bits per heavy atom. The average Bonchev–Trinajstić information content (AvgIpc) is 2.46. The van der Waals surface area contributed by atoms with Crippen LogP contribution in [-0.4, -0.2) is 48.8 Å². The lowest BCUT2D eigenvalue weighted by Gasteiger charge is -2.28. The van der Waals surface area contributed by atoms with E-state index in [0.29, 0.717) is 0 Å². The van der Waals surface area contributed by atoms with E-state index in [1.165, 1.54) is 0 Å². The quantitative estimate of drug-likeness (QED) is 0.833. The fraction of sp³-hybridized carbons (Fsp3) is 0.625. The van der Waals surface area contributed by atoms with Gasteiger partial charge in [-0.1, -0.05) is 12.1 Å². The summed E-state index contributed by atoms with van der Waals surface area (Å²) < 4.78 is 5.61. The minimum absolute atomic E-state index is 0.179. The van der Waals surface area contributed by atoms with E-state index in [9.17, 15) is 5.11 Å². The van der Waals surface area contributed by atoms with Crippen molar-refractivity contribution in [1.29, 1.82) is 0 Å². The predicted molar refractivity (Wildman–Crippen MR) is 81.1 cm³/mol. The van der Waals surface area contributed by atoms with Crippen molar-refractivity contribution in [1.82, 2.24) is 10.2 Å². The molecule has 0 bridgehead atoms. The van der Waals surface area contributed by atoms with Gasteiger partial charge in [0.25, 0.3) is 0 Å². The molecule has 2 N–H and O–H groups in total. The number of benzene rings is 1. The Kier molecular flexibility index (Phi) is 5.83. The largest absolute Gasteiger partial charge is 0.491 e. The molecule has 0 spiro atoms. The summed E-state index contributed by atoms with van der Waals surface area (Å²) >= 11 is 0. The zero-order valence-corrected chi connectivity index (χ0v) is 12.5. The molecule has 1 atom stereocenters. The molecule has 0 saturated carbocycles. The van der Waals surface area contributed by atoms with Gasteiger partial charge in [-0.3, -0.25) is 0 Å². The van der Waals surface area contributed by atoms with E-state index in [1.807, 2.05) is 38.1 Å². The molecule has 0 aromatic heterocycles. The molecule has 1 aliphatic rings. The molecule has 0 aliphatic carbocycles. The third-order valence-corrected chi connectivity index (χ3v) is 3.57. The van der Waals surface area contributed by atoms with Crippen molar-refractivity contribution in [2.45, 2.75) is 32.5 Å². The molecule has 4 nitrogen and oxygen atoms in total. The molecule has 0 radical (unpaired) electrons. The fourth-order valence-electron chi connectivity index (χ4n) is 2.45. The van der Waals surface area contributed by atoms with Gasteiger partial charge >= 0.3 is 0 Å². The van der Waals surface area contributed by atoms with Crippen LogP contribution in [-0.2, 0) is 0 Å². The Hall–Kier alpha value is -1.10. The number of piperazine rings is 1. The van der Waals surface area contributed by atoms with Gasteiger partial charge in [0.05, 0.1) is 12.2 Å². The Morgan fingerprint density at radius 2 is 1.85 bits per heavy atom. The van der Waals surface area contributed by atoms with Crippen molar-refractivity contribution in [2.24, 2.45) is 0 Å². The highest BCUT2D eigenvalue weighted by atomic mass is 16.5. The second-order valence-electron chi connectivity index (χ2n) is 5.63. The van der Waals surface area contributed by atoms with Crippen LogP contribution < -0.4 is 10.1 Å². The van der Waals surface area contributed by atoms with Crippen LogP contribution >= 0.6 is 0 Å². The standard InChI is InChI=1S/C16H26N2O2/c1-13(2)20-15-5-3-14(4-6-15)16(19)7-10-18-11-8-17-9-12-18/h3-6,13,16-17,19H,7-12H2,1-2H3. The first kappa shape index (κ1) is 15.3. The highest BCUT2D eigenvalue weighted by Gasteiger charge is 2.13. The van der Waals surface area contributed by atoms with Crippen LogP contribution in [0.25, 0.3) is 0 Å². The van der Waals surface area contributed by atoms with E-state index < -0.39 is 6.10 Å². The number of hydrogen-bond donors (Lipinski definition) is 2. The summed E-state index contributed by atoms with van der Waals surface area (Å²) in [5.74, 6) is 0.859. The molecule has 0 amide bonds. The van der Waals surface area contributed by atoms with Gasteiger partial charge < -0.3 is 20.1 Å². The molecule has 1 aromatic carbocycles. The van der Waals surface area contributed by atoms with Crippen molar-refractivity contribution < 1.29 is 9.84 Å². The van der Waals surface area contributed by atoms with Gasteiger partial charge in [0.1, 0.15) is 5.75 Å². The van der Waals surface area contributed by atoms with Crippen LogP contribution in [0.4, 0.5) is 0 Å². The first-order valence-electron chi connectivity index (χ1n) is 7.53. The summed E-state index contributed by atoms with van der Waals surface area (Å²) in [5, 5.41) is 13.6. The highest BCUT2D eigenvalue weighted by Crippen LogP contribution is 2.21. The number of hydrogen-bond acceptors (Lipinski definition) is 4. The summed E-state index contributed by atoms with van der Waals surface area (Å²) in [5.41, 5.74) is 0.969. The number of aliphatic hydroxyl groups is 1. The summed E-state index contributed by atoms with van der Waals surface area (Å²) in [4.78, 5) is 2.40. The molecule has 2 rings (SSSR count). The van der Waals surface area contributed by atoms with Crippen LogP contribution in [0.2, 0.25) is 0 Å². The van der Waals surface area contributed by atoms with Gasteiger partial charge in [-0.25, -0.2) is 0 Å². The van der Waals surface area contributed by atoms with E-state index in [0.717, 1.165) is 50.5 Å². The average molecular weight is 278 g/mol. The van der Waals surface area contributed by atoms with Crippen molar-refractivity contribution >= 4 is 0 Å². The third-order valence-electron chi connectivity index (χ3n) is 3.57. The molecule has 112 valence electrons. The Labute approximate surface area is 121 Å². The number of ether oxygens (including phenoxy) is 1. The monoisotopic (exact) mass is 278 g/mol. The van der Waals surface area contributed by atoms with Gasteiger partial charge in [-0.05, 0) is 38.0 Å². The molecule has 1 heterocycles. The molecule has 1 unspecified atom stereocenters. The lowest BCUT2D eigenvalue weighted by atomic mass is 10.1. The van der Waals surface area contributed by atoms with E-state index in [1.54, 1.807) is 0 Å². The van der Waals surface area contributed by atoms with Crippen LogP contribution in [0.5, 0.6) is 5.75 Å². The molecule has 1 aromatic rings. The third kappa shape index (κ3) is 4.78. The molecule has 4 heteroatoms. The van der Waals surface area contributed by atoms with E-state index >= 15 is 0 Å². The van der Waals surface area contributed by atoms with E-state index in [4.69, 9.17) is 4.74 Å². The number of nitrogens with zero attached hydrogens (tertiary/aromatic N) is 1. The SMILES string of the molecule is CC(C)Oc1ccc(C(O)CCN2CCNCC2)cc1. The number of nitrogens with one attached hydrogen (secondary N) is 1. The first-order chi connectivity index (χ1) is 9.65. The normalized spacial score (nSPS) is 18.2. The maximum absolute atomic E-state index is 10.2. The topological polar surface area (TPSA) is 44.7 Å². The van der Waals surface area contributed by atoms with E-state index in [2.05, 4.69) is 10.2 Å². The predicted octanol–water partition coefficient (Wildman–Crippen LogP) is 1.80. The van der Waals surface area contributed by atoms with Gasteiger partial charge in [0, 0.05) is 32.7 Å². The minimum atomic E-state index is -0.391. The zero-order chi connectivity index (χ0) is 14.4. The molecule has 1 fully saturated rings. The van der Waals surface area contributed by atoms with Crippen LogP contribution in [0, 0.1) is 0 Å². The Morgan fingerprint density at radius 3 is 2.45 bits per heavy atom. The lowest BCUT2D eigenvalue weighted by molar-refractivity contribution is 0.136. The molecule has 1 aliphatic heterocycles. The highest BCUT2D eigenvalue weighted by molar-refractivity contribution is 5.28. The molecular formula is C16H26N2O2. The van der Waals surface area contributed by atoms with Crippen LogP contribution in [0.3, 0.4) is 0 Å². The van der Waals surface area contributed by atoms with Crippen molar-refractivity contribution in [2.75, 3.05) is 32.7 Å². The fourth-order valence-corrected chi connectivity index (χ4v) is 2.45. The minimum Gasteiger partial charge on any atom is -0.491 e. The van der Waals surface area contributed by atoms with Crippen molar-refractivity contribution in [3.05, 3.63) is 29.8 Å². The van der Waals surface area contributed by atoms with Gasteiger partial charge in [0.2, 0.25) is 0 Å². The van der Waals surface area contributed by atoms with Gasteiger partial charge in [-0.15, -0.1) is 0 Å². The van der Waals surface area contributed by atoms with Gasteiger partial charge in [-0.2, -0.15) is 0 Å². The molecule has 1 saturated heterocycles. The summed E-state index contributed by atoms with van der Waals surface area (Å²) in [6, 6.07) is 7.78. The Bertz CT molecular complexity index is 386.